The van der Waals surface area contributed by atoms with E-state index >= 15 is 0 Å². The molecule has 1 aliphatic carbocycles. The van der Waals surface area contributed by atoms with Crippen LogP contribution in [0.2, 0.25) is 0 Å². The van der Waals surface area contributed by atoms with E-state index in [1.165, 1.54) is 12.5 Å². The third-order valence-electron chi connectivity index (χ3n) is 4.91. The molecular weight excluding hydrogens is 276 g/mol. The van der Waals surface area contributed by atoms with E-state index in [-0.39, 0.29) is 17.2 Å². The largest absolute Gasteiger partial charge is 0.507 e. The van der Waals surface area contributed by atoms with Crippen molar-refractivity contribution in [2.45, 2.75) is 46.5 Å². The van der Waals surface area contributed by atoms with Crippen LogP contribution in [0.5, 0.6) is 5.75 Å². The first-order valence-corrected chi connectivity index (χ1v) is 7.97. The molecule has 0 spiro atoms. The number of phenols is 1. The van der Waals surface area contributed by atoms with Crippen molar-refractivity contribution in [3.63, 3.8) is 0 Å². The quantitative estimate of drug-likeness (QED) is 0.726. The minimum absolute atomic E-state index is 0.0100. The van der Waals surface area contributed by atoms with Gasteiger partial charge < -0.3 is 10.5 Å². The first-order chi connectivity index (χ1) is 10.4. The highest BCUT2D eigenvalue weighted by molar-refractivity contribution is 5.96. The summed E-state index contributed by atoms with van der Waals surface area (Å²) in [7, 11) is 0. The van der Waals surface area contributed by atoms with Gasteiger partial charge in [-0.15, -0.1) is 0 Å². The summed E-state index contributed by atoms with van der Waals surface area (Å²) in [5.74, 6) is 0.358. The zero-order chi connectivity index (χ0) is 16.2. The third-order valence-corrected chi connectivity index (χ3v) is 4.91. The number of allylic oxidation sites excluding steroid dienone is 2. The minimum Gasteiger partial charge on any atom is -0.507 e. The summed E-state index contributed by atoms with van der Waals surface area (Å²) < 4.78 is 0. The second-order valence-electron chi connectivity index (χ2n) is 6.64. The summed E-state index contributed by atoms with van der Waals surface area (Å²) in [5, 5.41) is 9.67. The average molecular weight is 302 g/mol. The van der Waals surface area contributed by atoms with E-state index in [2.05, 4.69) is 37.7 Å². The van der Waals surface area contributed by atoms with Crippen LogP contribution in [0.3, 0.4) is 0 Å². The van der Waals surface area contributed by atoms with Gasteiger partial charge in [-0.3, -0.25) is 10.2 Å². The maximum atomic E-state index is 12.0. The van der Waals surface area contributed by atoms with Crippen molar-refractivity contribution >= 4 is 5.91 Å². The van der Waals surface area contributed by atoms with Crippen LogP contribution < -0.4 is 10.9 Å². The van der Waals surface area contributed by atoms with Gasteiger partial charge in [-0.05, 0) is 42.7 Å². The van der Waals surface area contributed by atoms with Crippen molar-refractivity contribution < 1.29 is 9.90 Å². The van der Waals surface area contributed by atoms with Gasteiger partial charge in [0.15, 0.2) is 0 Å². The second-order valence-corrected chi connectivity index (χ2v) is 6.64. The summed E-state index contributed by atoms with van der Waals surface area (Å²) in [4.78, 5) is 12.0. The number of hydrazine groups is 1. The fourth-order valence-electron chi connectivity index (χ4n) is 2.82. The topological polar surface area (TPSA) is 61.4 Å². The summed E-state index contributed by atoms with van der Waals surface area (Å²) in [6.07, 6.45) is 6.46. The Hall–Kier alpha value is -1.97. The van der Waals surface area contributed by atoms with Crippen LogP contribution >= 0.6 is 0 Å². The van der Waals surface area contributed by atoms with Gasteiger partial charge in [0.2, 0.25) is 0 Å². The predicted octanol–water partition coefficient (Wildman–Crippen LogP) is 3.75. The van der Waals surface area contributed by atoms with Crippen LogP contribution in [0.15, 0.2) is 36.0 Å². The van der Waals surface area contributed by atoms with E-state index in [4.69, 9.17) is 0 Å². The van der Waals surface area contributed by atoms with Gasteiger partial charge >= 0.3 is 0 Å². The number of hydrogen-bond donors (Lipinski definition) is 3. The molecule has 0 saturated carbocycles. The number of carbonyl (C=O) groups is 1. The summed E-state index contributed by atoms with van der Waals surface area (Å²) >= 11 is 0. The SMILES string of the molecule is CCC(C)(C)[C@H]1CC=C(NNC(=O)c2ccccc2O)CC1. The summed E-state index contributed by atoms with van der Waals surface area (Å²) in [6, 6.07) is 6.53. The minimum atomic E-state index is -0.324. The molecule has 0 unspecified atom stereocenters. The molecule has 1 aromatic rings. The number of hydrogen-bond acceptors (Lipinski definition) is 3. The molecule has 0 bridgehead atoms. The zero-order valence-corrected chi connectivity index (χ0v) is 13.6. The molecule has 22 heavy (non-hydrogen) atoms. The molecule has 120 valence electrons. The standard InChI is InChI=1S/C18H26N2O2/c1-4-18(2,3)13-9-11-14(12-10-13)19-20-17(22)15-7-5-6-8-16(15)21/h5-8,11,13,19,21H,4,9-10,12H2,1-3H3,(H,20,22)/t13-/m0/s1. The van der Waals surface area contributed by atoms with E-state index in [9.17, 15) is 9.90 Å². The molecule has 1 aliphatic rings. The number of amides is 1. The first kappa shape index (κ1) is 16.4. The van der Waals surface area contributed by atoms with Gasteiger partial charge in [0.25, 0.3) is 5.91 Å². The Balaban J connectivity index is 1.89. The normalized spacial score (nSPS) is 18.5. The highest BCUT2D eigenvalue weighted by atomic mass is 16.3. The average Bonchev–Trinajstić information content (AvgIpc) is 2.53. The van der Waals surface area contributed by atoms with Crippen LogP contribution in [0.1, 0.15) is 56.8 Å². The van der Waals surface area contributed by atoms with Crippen LogP contribution in [0, 0.1) is 11.3 Å². The van der Waals surface area contributed by atoms with Crippen molar-refractivity contribution in [1.82, 2.24) is 10.9 Å². The number of rotatable bonds is 5. The number of nitrogens with one attached hydrogen (secondary N) is 2. The molecule has 0 fully saturated rings. The smallest absolute Gasteiger partial charge is 0.273 e. The first-order valence-electron chi connectivity index (χ1n) is 7.97. The van der Waals surface area contributed by atoms with Gasteiger partial charge in [-0.2, -0.15) is 0 Å². The lowest BCUT2D eigenvalue weighted by molar-refractivity contribution is 0.0934. The molecular formula is C18H26N2O2. The molecule has 2 rings (SSSR count). The predicted molar refractivity (Wildman–Crippen MR) is 88.2 cm³/mol. The Bertz CT molecular complexity index is 564. The zero-order valence-electron chi connectivity index (χ0n) is 13.6. The Labute approximate surface area is 132 Å². The Morgan fingerprint density at radius 3 is 2.68 bits per heavy atom. The van der Waals surface area contributed by atoms with Gasteiger partial charge in [-0.1, -0.05) is 45.4 Å². The molecule has 3 N–H and O–H groups in total. The lowest BCUT2D eigenvalue weighted by Crippen LogP contribution is -2.38. The lowest BCUT2D eigenvalue weighted by Gasteiger charge is -2.35. The fourth-order valence-corrected chi connectivity index (χ4v) is 2.82. The molecule has 4 heteroatoms. The Morgan fingerprint density at radius 1 is 1.36 bits per heavy atom. The van der Waals surface area contributed by atoms with Crippen LogP contribution in [-0.4, -0.2) is 11.0 Å². The number of aromatic hydroxyl groups is 1. The maximum absolute atomic E-state index is 12.0. The number of benzene rings is 1. The van der Waals surface area contributed by atoms with E-state index in [1.807, 2.05) is 0 Å². The van der Waals surface area contributed by atoms with Gasteiger partial charge in [-0.25, -0.2) is 0 Å². The van der Waals surface area contributed by atoms with Gasteiger partial charge in [0, 0.05) is 5.70 Å². The van der Waals surface area contributed by atoms with Crippen molar-refractivity contribution in [2.75, 3.05) is 0 Å². The summed E-state index contributed by atoms with van der Waals surface area (Å²) in [5.41, 5.74) is 7.33. The van der Waals surface area contributed by atoms with E-state index < -0.39 is 0 Å². The molecule has 1 aromatic carbocycles. The molecule has 0 aromatic heterocycles. The molecule has 4 nitrogen and oxygen atoms in total. The lowest BCUT2D eigenvalue weighted by atomic mass is 9.71. The van der Waals surface area contributed by atoms with Crippen molar-refractivity contribution in [1.29, 1.82) is 0 Å². The third kappa shape index (κ3) is 3.81. The van der Waals surface area contributed by atoms with Crippen molar-refractivity contribution in [3.8, 4) is 5.75 Å². The van der Waals surface area contributed by atoms with Gasteiger partial charge in [0.1, 0.15) is 5.75 Å². The Morgan fingerprint density at radius 2 is 2.09 bits per heavy atom. The molecule has 0 saturated heterocycles. The van der Waals surface area contributed by atoms with E-state index in [0.29, 0.717) is 11.3 Å². The maximum Gasteiger partial charge on any atom is 0.273 e. The molecule has 0 aliphatic heterocycles. The van der Waals surface area contributed by atoms with Gasteiger partial charge in [0.05, 0.1) is 5.56 Å². The fraction of sp³-hybridized carbons (Fsp3) is 0.500. The van der Waals surface area contributed by atoms with E-state index in [1.54, 1.807) is 18.2 Å². The van der Waals surface area contributed by atoms with Crippen molar-refractivity contribution in [2.24, 2.45) is 11.3 Å². The molecule has 1 atom stereocenters. The van der Waals surface area contributed by atoms with Crippen LogP contribution in [0.4, 0.5) is 0 Å². The highest BCUT2D eigenvalue weighted by Gasteiger charge is 2.28. The molecule has 0 radical (unpaired) electrons. The van der Waals surface area contributed by atoms with Crippen LogP contribution in [0.25, 0.3) is 0 Å². The Kier molecular flexibility index (Phi) is 5.11. The highest BCUT2D eigenvalue weighted by Crippen LogP contribution is 2.39. The number of para-hydroxylation sites is 1. The number of phenolic OH excluding ortho intramolecular Hbond substituents is 1. The number of carbonyl (C=O) groups excluding carboxylic acids is 1. The van der Waals surface area contributed by atoms with E-state index in [0.717, 1.165) is 25.0 Å². The van der Waals surface area contributed by atoms with Crippen molar-refractivity contribution in [3.05, 3.63) is 41.6 Å². The second kappa shape index (κ2) is 6.86. The summed E-state index contributed by atoms with van der Waals surface area (Å²) in [6.45, 7) is 6.89. The molecule has 1 amide bonds. The molecule has 0 heterocycles. The monoisotopic (exact) mass is 302 g/mol. The van der Waals surface area contributed by atoms with Crippen LogP contribution in [-0.2, 0) is 0 Å².